The SMILES string of the molecule is NCC1C[C@@H]2CN(c3cnc(-c4cccc(Cl)c4Cl)c(N)n3)C[C@@H]2C1. The Morgan fingerprint density at radius 1 is 1.16 bits per heavy atom. The Bertz CT molecular complexity index is 783. The van der Waals surface area contributed by atoms with E-state index in [-0.39, 0.29) is 0 Å². The summed E-state index contributed by atoms with van der Waals surface area (Å²) in [6, 6.07) is 5.42. The number of halogens is 2. The molecule has 2 heterocycles. The fourth-order valence-corrected chi connectivity index (χ4v) is 4.64. The number of hydrogen-bond acceptors (Lipinski definition) is 5. The number of benzene rings is 1. The van der Waals surface area contributed by atoms with Gasteiger partial charge in [-0.25, -0.2) is 9.97 Å². The molecule has 2 aromatic rings. The van der Waals surface area contributed by atoms with Gasteiger partial charge in [0.2, 0.25) is 0 Å². The lowest BCUT2D eigenvalue weighted by Crippen LogP contribution is -2.24. The second kappa shape index (κ2) is 6.63. The van der Waals surface area contributed by atoms with E-state index in [2.05, 4.69) is 14.9 Å². The van der Waals surface area contributed by atoms with Gasteiger partial charge >= 0.3 is 0 Å². The first kappa shape index (κ1) is 16.9. The summed E-state index contributed by atoms with van der Waals surface area (Å²) in [6.07, 6.45) is 4.22. The molecule has 0 bridgehead atoms. The summed E-state index contributed by atoms with van der Waals surface area (Å²) < 4.78 is 0. The molecule has 4 rings (SSSR count). The molecule has 132 valence electrons. The molecule has 1 aromatic heterocycles. The third-order valence-corrected chi connectivity index (χ3v) is 6.32. The van der Waals surface area contributed by atoms with Crippen LogP contribution in [0.25, 0.3) is 11.3 Å². The normalized spacial score (nSPS) is 25.4. The van der Waals surface area contributed by atoms with E-state index in [0.29, 0.717) is 44.9 Å². The van der Waals surface area contributed by atoms with Crippen molar-refractivity contribution in [2.75, 3.05) is 30.3 Å². The maximum atomic E-state index is 6.28. The summed E-state index contributed by atoms with van der Waals surface area (Å²) in [4.78, 5) is 11.4. The third-order valence-electron chi connectivity index (χ3n) is 5.50. The molecule has 2 fully saturated rings. The van der Waals surface area contributed by atoms with Crippen molar-refractivity contribution in [1.82, 2.24) is 9.97 Å². The summed E-state index contributed by atoms with van der Waals surface area (Å²) in [7, 11) is 0. The smallest absolute Gasteiger partial charge is 0.152 e. The molecule has 1 saturated carbocycles. The van der Waals surface area contributed by atoms with Gasteiger partial charge in [-0.3, -0.25) is 0 Å². The molecule has 1 aliphatic heterocycles. The minimum absolute atomic E-state index is 0.374. The van der Waals surface area contributed by atoms with E-state index < -0.39 is 0 Å². The minimum Gasteiger partial charge on any atom is -0.382 e. The summed E-state index contributed by atoms with van der Waals surface area (Å²) in [6.45, 7) is 2.81. The Labute approximate surface area is 157 Å². The van der Waals surface area contributed by atoms with Crippen LogP contribution in [0.1, 0.15) is 12.8 Å². The van der Waals surface area contributed by atoms with Gasteiger partial charge in [0.15, 0.2) is 5.82 Å². The number of anilines is 2. The summed E-state index contributed by atoms with van der Waals surface area (Å²) in [5.74, 6) is 3.30. The molecule has 4 N–H and O–H groups in total. The van der Waals surface area contributed by atoms with Gasteiger partial charge < -0.3 is 16.4 Å². The first-order chi connectivity index (χ1) is 12.1. The van der Waals surface area contributed by atoms with Crippen molar-refractivity contribution in [2.24, 2.45) is 23.5 Å². The first-order valence-corrected chi connectivity index (χ1v) is 9.34. The fourth-order valence-electron chi connectivity index (χ4n) is 4.25. The minimum atomic E-state index is 0.374. The van der Waals surface area contributed by atoms with Gasteiger partial charge in [0.05, 0.1) is 16.2 Å². The molecule has 0 spiro atoms. The van der Waals surface area contributed by atoms with Crippen LogP contribution in [0.3, 0.4) is 0 Å². The van der Waals surface area contributed by atoms with Gasteiger partial charge in [-0.1, -0.05) is 35.3 Å². The predicted molar refractivity (Wildman–Crippen MR) is 103 cm³/mol. The number of hydrogen-bond donors (Lipinski definition) is 2. The van der Waals surface area contributed by atoms with Crippen LogP contribution in [0.15, 0.2) is 24.4 Å². The van der Waals surface area contributed by atoms with Crippen LogP contribution in [-0.4, -0.2) is 29.6 Å². The van der Waals surface area contributed by atoms with Gasteiger partial charge in [-0.15, -0.1) is 0 Å². The zero-order valence-corrected chi connectivity index (χ0v) is 15.3. The highest BCUT2D eigenvalue weighted by atomic mass is 35.5. The Hall–Kier alpha value is -1.56. The molecule has 1 aromatic carbocycles. The maximum absolute atomic E-state index is 6.28. The van der Waals surface area contributed by atoms with Crippen LogP contribution in [-0.2, 0) is 0 Å². The maximum Gasteiger partial charge on any atom is 0.152 e. The van der Waals surface area contributed by atoms with Gasteiger partial charge in [-0.2, -0.15) is 0 Å². The molecule has 0 radical (unpaired) electrons. The number of nitrogens with two attached hydrogens (primary N) is 2. The van der Waals surface area contributed by atoms with E-state index in [4.69, 9.17) is 34.7 Å². The van der Waals surface area contributed by atoms with Crippen LogP contribution in [0.5, 0.6) is 0 Å². The molecular formula is C18H21Cl2N5. The Morgan fingerprint density at radius 3 is 2.52 bits per heavy atom. The average Bonchev–Trinajstić information content (AvgIpc) is 3.16. The molecule has 1 aliphatic carbocycles. The predicted octanol–water partition coefficient (Wildman–Crippen LogP) is 3.45. The van der Waals surface area contributed by atoms with Gasteiger partial charge in [-0.05, 0) is 43.2 Å². The highest BCUT2D eigenvalue weighted by molar-refractivity contribution is 6.43. The molecule has 25 heavy (non-hydrogen) atoms. The van der Waals surface area contributed by atoms with E-state index in [1.807, 2.05) is 12.1 Å². The lowest BCUT2D eigenvalue weighted by Gasteiger charge is -2.20. The van der Waals surface area contributed by atoms with Crippen molar-refractivity contribution in [3.63, 3.8) is 0 Å². The summed E-state index contributed by atoms with van der Waals surface area (Å²) in [5.41, 5.74) is 13.3. The molecule has 3 atom stereocenters. The topological polar surface area (TPSA) is 81.1 Å². The zero-order valence-electron chi connectivity index (χ0n) is 13.8. The number of nitrogens with zero attached hydrogens (tertiary/aromatic N) is 3. The van der Waals surface area contributed by atoms with Crippen molar-refractivity contribution < 1.29 is 0 Å². The molecule has 5 nitrogen and oxygen atoms in total. The van der Waals surface area contributed by atoms with E-state index in [1.54, 1.807) is 12.3 Å². The molecular weight excluding hydrogens is 357 g/mol. The summed E-state index contributed by atoms with van der Waals surface area (Å²) >= 11 is 12.4. The second-order valence-electron chi connectivity index (χ2n) is 7.06. The van der Waals surface area contributed by atoms with Crippen molar-refractivity contribution in [2.45, 2.75) is 12.8 Å². The van der Waals surface area contributed by atoms with E-state index >= 15 is 0 Å². The highest BCUT2D eigenvalue weighted by Gasteiger charge is 2.40. The number of aromatic nitrogens is 2. The van der Waals surface area contributed by atoms with Gasteiger partial charge in [0, 0.05) is 18.7 Å². The van der Waals surface area contributed by atoms with Gasteiger partial charge in [0.1, 0.15) is 11.5 Å². The second-order valence-corrected chi connectivity index (χ2v) is 7.85. The van der Waals surface area contributed by atoms with Crippen LogP contribution < -0.4 is 16.4 Å². The Balaban J connectivity index is 1.56. The third kappa shape index (κ3) is 3.05. The molecule has 2 aliphatic rings. The van der Waals surface area contributed by atoms with E-state index in [0.717, 1.165) is 25.5 Å². The molecule has 1 unspecified atom stereocenters. The van der Waals surface area contributed by atoms with Gasteiger partial charge in [0.25, 0.3) is 0 Å². The lowest BCUT2D eigenvalue weighted by atomic mass is 10.0. The van der Waals surface area contributed by atoms with E-state index in [1.165, 1.54) is 12.8 Å². The molecule has 0 amide bonds. The standard InChI is InChI=1S/C18H21Cl2N5/c19-14-3-1-2-13(16(14)20)17-18(22)24-15(7-23-17)25-8-11-4-10(6-21)5-12(11)9-25/h1-3,7,10-12H,4-6,8-9,21H2,(H2,22,24)/t10?,11-,12+. The largest absolute Gasteiger partial charge is 0.382 e. The fraction of sp³-hybridized carbons (Fsp3) is 0.444. The zero-order chi connectivity index (χ0) is 17.6. The van der Waals surface area contributed by atoms with Crippen molar-refractivity contribution in [1.29, 1.82) is 0 Å². The van der Waals surface area contributed by atoms with Crippen molar-refractivity contribution in [3.05, 3.63) is 34.4 Å². The van der Waals surface area contributed by atoms with Crippen LogP contribution in [0.4, 0.5) is 11.6 Å². The van der Waals surface area contributed by atoms with Crippen molar-refractivity contribution in [3.8, 4) is 11.3 Å². The summed E-state index contributed by atoms with van der Waals surface area (Å²) in [5, 5.41) is 0.924. The first-order valence-electron chi connectivity index (χ1n) is 8.58. The quantitative estimate of drug-likeness (QED) is 0.855. The Kier molecular flexibility index (Phi) is 4.48. The molecule has 1 saturated heterocycles. The molecule has 7 heteroatoms. The number of nitrogen functional groups attached to an aromatic ring is 1. The van der Waals surface area contributed by atoms with Crippen LogP contribution >= 0.6 is 23.2 Å². The van der Waals surface area contributed by atoms with Crippen LogP contribution in [0.2, 0.25) is 10.0 Å². The van der Waals surface area contributed by atoms with Crippen LogP contribution in [0, 0.1) is 17.8 Å². The van der Waals surface area contributed by atoms with Crippen molar-refractivity contribution >= 4 is 34.8 Å². The Morgan fingerprint density at radius 2 is 1.88 bits per heavy atom. The van der Waals surface area contributed by atoms with E-state index in [9.17, 15) is 0 Å². The number of rotatable bonds is 3. The highest BCUT2D eigenvalue weighted by Crippen LogP contribution is 2.42. The lowest BCUT2D eigenvalue weighted by molar-refractivity contribution is 0.494. The number of fused-ring (bicyclic) bond motifs is 1. The average molecular weight is 378 g/mol. The monoisotopic (exact) mass is 377 g/mol.